The summed E-state index contributed by atoms with van der Waals surface area (Å²) < 4.78 is 17.4. The number of likely N-dealkylation sites (N-methyl/N-ethyl adjacent to an activating group) is 1. The minimum atomic E-state index is -1.84. The molecule has 3 N–H and O–H groups in total. The number of rotatable bonds is 5. The minimum Gasteiger partial charge on any atom is -0.493 e. The van der Waals surface area contributed by atoms with Crippen LogP contribution in [0.4, 0.5) is 0 Å². The summed E-state index contributed by atoms with van der Waals surface area (Å²) in [6.07, 6.45) is -0.0812. The number of methoxy groups -OCH3 is 1. The molecule has 2 aliphatic heterocycles. The van der Waals surface area contributed by atoms with Gasteiger partial charge in [-0.2, -0.15) is 0 Å². The number of carboxylic acids is 1. The van der Waals surface area contributed by atoms with Crippen LogP contribution in [0.5, 0.6) is 11.5 Å². The number of nitrogens with zero attached hydrogens (tertiary/aromatic N) is 1. The number of carbonyl (C=O) groups excluding carboxylic acids is 1. The van der Waals surface area contributed by atoms with Crippen molar-refractivity contribution in [2.45, 2.75) is 54.9 Å². The number of carbonyl (C=O) groups is 2. The van der Waals surface area contributed by atoms with E-state index in [4.69, 9.17) is 19.3 Å². The molecule has 0 amide bonds. The lowest BCUT2D eigenvalue weighted by atomic mass is 9.50. The predicted octanol–water partition coefficient (Wildman–Crippen LogP) is 0.773. The van der Waals surface area contributed by atoms with Gasteiger partial charge in [-0.1, -0.05) is 6.07 Å². The first-order chi connectivity index (χ1) is 14.7. The lowest BCUT2D eigenvalue weighted by Crippen LogP contribution is -2.74. The molecule has 2 bridgehead atoms. The van der Waals surface area contributed by atoms with Crippen molar-refractivity contribution >= 4 is 24.3 Å². The zero-order valence-electron chi connectivity index (χ0n) is 17.7. The van der Waals surface area contributed by atoms with Gasteiger partial charge in [-0.25, -0.2) is 4.79 Å². The highest BCUT2D eigenvalue weighted by Crippen LogP contribution is 2.65. The number of hydrogen-bond acceptors (Lipinski definition) is 8. The number of aliphatic carboxylic acids is 1. The van der Waals surface area contributed by atoms with Gasteiger partial charge >= 0.3 is 11.9 Å². The summed E-state index contributed by atoms with van der Waals surface area (Å²) in [5, 5.41) is 30.4. The predicted molar refractivity (Wildman–Crippen MR) is 113 cm³/mol. The maximum Gasteiger partial charge on any atom is 0.333 e. The molecule has 0 unspecified atom stereocenters. The summed E-state index contributed by atoms with van der Waals surface area (Å²) in [6, 6.07) is 3.73. The van der Waals surface area contributed by atoms with E-state index in [1.807, 2.05) is 19.2 Å². The van der Waals surface area contributed by atoms with E-state index < -0.39 is 41.6 Å². The fourth-order valence-corrected chi connectivity index (χ4v) is 6.01. The second-order valence-electron chi connectivity index (χ2n) is 8.82. The van der Waals surface area contributed by atoms with Gasteiger partial charge in [-0.3, -0.25) is 4.79 Å². The number of hydrogen-bond donors (Lipinski definition) is 3. The lowest BCUT2D eigenvalue weighted by molar-refractivity contribution is -0.170. The first-order valence-electron chi connectivity index (χ1n) is 10.3. The Morgan fingerprint density at radius 2 is 2.12 bits per heavy atom. The Labute approximate surface area is 191 Å². The van der Waals surface area contributed by atoms with Crippen LogP contribution in [-0.2, 0) is 26.2 Å². The first kappa shape index (κ1) is 22.8. The highest BCUT2D eigenvalue weighted by atomic mass is 35.5. The molecular formula is C22H26ClNO8. The zero-order chi connectivity index (χ0) is 22.1. The molecule has 1 aromatic rings. The van der Waals surface area contributed by atoms with Crippen molar-refractivity contribution < 1.29 is 39.1 Å². The van der Waals surface area contributed by atoms with Crippen LogP contribution >= 0.6 is 12.4 Å². The number of aliphatic hydroxyl groups is 2. The molecule has 0 aromatic heterocycles. The fourth-order valence-electron chi connectivity index (χ4n) is 6.01. The Kier molecular flexibility index (Phi) is 5.44. The average molecular weight is 468 g/mol. The van der Waals surface area contributed by atoms with E-state index in [1.165, 1.54) is 0 Å². The monoisotopic (exact) mass is 467 g/mol. The van der Waals surface area contributed by atoms with Crippen molar-refractivity contribution in [2.24, 2.45) is 0 Å². The number of esters is 1. The minimum absolute atomic E-state index is 0. The van der Waals surface area contributed by atoms with Crippen LogP contribution in [0.2, 0.25) is 0 Å². The molecule has 0 radical (unpaired) electrons. The Hall–Kier alpha value is -2.33. The molecule has 4 aliphatic rings. The molecule has 5 rings (SSSR count). The van der Waals surface area contributed by atoms with Gasteiger partial charge in [0.15, 0.2) is 23.7 Å². The summed E-state index contributed by atoms with van der Waals surface area (Å²) >= 11 is 0. The van der Waals surface area contributed by atoms with Crippen molar-refractivity contribution in [3.8, 4) is 11.5 Å². The van der Waals surface area contributed by atoms with Gasteiger partial charge in [0.2, 0.25) is 0 Å². The number of piperidine rings is 1. The van der Waals surface area contributed by atoms with Crippen LogP contribution in [0.1, 0.15) is 30.4 Å². The number of carboxylic acid groups (broad SMARTS) is 1. The number of likely N-dealkylation sites (tertiary alicyclic amines) is 1. The molecule has 2 heterocycles. The second-order valence-corrected chi connectivity index (χ2v) is 8.82. The van der Waals surface area contributed by atoms with Crippen LogP contribution in [0, 0.1) is 0 Å². The highest BCUT2D eigenvalue weighted by molar-refractivity contribution is 5.85. The molecule has 1 fully saturated rings. The molecule has 1 saturated heterocycles. The SMILES string of the molecule is COc1ccc2c3c1O[C@H]1C(OC(=O)C[C@H](O)C(=O)O)=CC[C@@]4(O)[C@H](C2)N(C)CC[C@]314.Cl. The van der Waals surface area contributed by atoms with Crippen LogP contribution in [0.25, 0.3) is 0 Å². The van der Waals surface area contributed by atoms with E-state index in [0.29, 0.717) is 24.3 Å². The Bertz CT molecular complexity index is 1010. The first-order valence-corrected chi connectivity index (χ1v) is 10.3. The van der Waals surface area contributed by atoms with Crippen LogP contribution in [0.3, 0.4) is 0 Å². The summed E-state index contributed by atoms with van der Waals surface area (Å²) in [4.78, 5) is 25.4. The molecule has 0 saturated carbocycles. The molecule has 9 nitrogen and oxygen atoms in total. The summed E-state index contributed by atoms with van der Waals surface area (Å²) in [7, 11) is 3.56. The molecule has 2 aliphatic carbocycles. The van der Waals surface area contributed by atoms with E-state index in [9.17, 15) is 19.8 Å². The Morgan fingerprint density at radius 3 is 2.81 bits per heavy atom. The van der Waals surface area contributed by atoms with Gasteiger partial charge in [-0.05, 0) is 44.1 Å². The van der Waals surface area contributed by atoms with E-state index in [2.05, 4.69) is 4.90 Å². The fraction of sp³-hybridized carbons (Fsp3) is 0.545. The third-order valence-electron chi connectivity index (χ3n) is 7.43. The third-order valence-corrected chi connectivity index (χ3v) is 7.43. The summed E-state index contributed by atoms with van der Waals surface area (Å²) in [6.45, 7) is 0.738. The van der Waals surface area contributed by atoms with Gasteiger partial charge in [0, 0.05) is 18.0 Å². The summed E-state index contributed by atoms with van der Waals surface area (Å²) in [5.74, 6) is -1.02. The molecular weight excluding hydrogens is 442 g/mol. The van der Waals surface area contributed by atoms with Crippen LogP contribution in [-0.4, -0.2) is 76.7 Å². The lowest BCUT2D eigenvalue weighted by Gasteiger charge is -2.61. The smallest absolute Gasteiger partial charge is 0.333 e. The zero-order valence-corrected chi connectivity index (χ0v) is 18.6. The maximum absolute atomic E-state index is 12.3. The average Bonchev–Trinajstić information content (AvgIpc) is 3.08. The number of benzene rings is 1. The van der Waals surface area contributed by atoms with Gasteiger partial charge in [0.05, 0.1) is 24.5 Å². The number of aliphatic hydroxyl groups excluding tert-OH is 1. The number of halogens is 1. The van der Waals surface area contributed by atoms with E-state index in [1.54, 1.807) is 13.2 Å². The van der Waals surface area contributed by atoms with Crippen LogP contribution in [0.15, 0.2) is 24.0 Å². The van der Waals surface area contributed by atoms with Crippen molar-refractivity contribution in [3.63, 3.8) is 0 Å². The highest BCUT2D eigenvalue weighted by Gasteiger charge is 2.72. The van der Waals surface area contributed by atoms with E-state index in [-0.39, 0.29) is 30.6 Å². The van der Waals surface area contributed by atoms with Crippen LogP contribution < -0.4 is 9.47 Å². The largest absolute Gasteiger partial charge is 0.493 e. The molecule has 1 aromatic carbocycles. The van der Waals surface area contributed by atoms with Crippen molar-refractivity contribution in [1.29, 1.82) is 0 Å². The van der Waals surface area contributed by atoms with Crippen molar-refractivity contribution in [3.05, 3.63) is 35.1 Å². The normalized spacial score (nSPS) is 32.6. The maximum atomic E-state index is 12.3. The van der Waals surface area contributed by atoms with Gasteiger partial charge in [-0.15, -0.1) is 12.4 Å². The quantitative estimate of drug-likeness (QED) is 0.538. The van der Waals surface area contributed by atoms with Crippen molar-refractivity contribution in [1.82, 2.24) is 4.90 Å². The topological polar surface area (TPSA) is 126 Å². The summed E-state index contributed by atoms with van der Waals surface area (Å²) in [5.41, 5.74) is 0.0627. The Balaban J connectivity index is 0.00000245. The molecule has 10 heteroatoms. The molecule has 32 heavy (non-hydrogen) atoms. The molecule has 1 spiro atoms. The second kappa shape index (κ2) is 7.62. The van der Waals surface area contributed by atoms with E-state index in [0.717, 1.165) is 17.7 Å². The Morgan fingerprint density at radius 1 is 1.38 bits per heavy atom. The number of ether oxygens (including phenoxy) is 3. The van der Waals surface area contributed by atoms with Gasteiger partial charge in [0.25, 0.3) is 0 Å². The standard InChI is InChI=1S/C22H25NO8.ClH/c1-23-8-7-21-17-11-3-4-13(29-2)18(17)31-19(21)14(5-6-22(21,28)15(23)9-11)30-16(25)10-12(24)20(26)27;/h3-5,12,15,19,24,28H,6-10H2,1-2H3,(H,26,27);1H/t12-,15-,19-,21-,22+;/m0./s1. The molecule has 174 valence electrons. The third kappa shape index (κ3) is 2.81. The van der Waals surface area contributed by atoms with Crippen molar-refractivity contribution in [2.75, 3.05) is 20.7 Å². The van der Waals surface area contributed by atoms with Gasteiger partial charge < -0.3 is 34.4 Å². The molecule has 5 atom stereocenters. The van der Waals surface area contributed by atoms with Gasteiger partial charge in [0.1, 0.15) is 5.76 Å². The van der Waals surface area contributed by atoms with E-state index >= 15 is 0 Å².